The third kappa shape index (κ3) is 3.08. The quantitative estimate of drug-likeness (QED) is 0.907. The molecular formula is C18H21N3O2S. The van der Waals surface area contributed by atoms with E-state index in [0.717, 1.165) is 30.4 Å². The van der Waals surface area contributed by atoms with E-state index in [-0.39, 0.29) is 16.4 Å². The number of hydrogen-bond donors (Lipinski definition) is 1. The van der Waals surface area contributed by atoms with Crippen molar-refractivity contribution in [2.75, 3.05) is 19.6 Å². The molecular weight excluding hydrogens is 322 g/mol. The van der Waals surface area contributed by atoms with Crippen LogP contribution in [-0.4, -0.2) is 45.5 Å². The predicted octanol–water partition coefficient (Wildman–Crippen LogP) is 2.63. The van der Waals surface area contributed by atoms with Crippen LogP contribution < -0.4 is 5.32 Å². The van der Waals surface area contributed by atoms with E-state index in [2.05, 4.69) is 39.2 Å². The van der Waals surface area contributed by atoms with Crippen LogP contribution in [0.15, 0.2) is 30.5 Å². The molecule has 4 rings (SSSR count). The predicted molar refractivity (Wildman–Crippen MR) is 96.2 cm³/mol. The highest BCUT2D eigenvalue weighted by Crippen LogP contribution is 2.27. The Labute approximate surface area is 145 Å². The maximum Gasteiger partial charge on any atom is 0.286 e. The number of thioether (sulfide) groups is 1. The Morgan fingerprint density at radius 1 is 1.12 bits per heavy atom. The van der Waals surface area contributed by atoms with Gasteiger partial charge in [0.25, 0.3) is 5.24 Å². The summed E-state index contributed by atoms with van der Waals surface area (Å²) in [4.78, 5) is 25.7. The Morgan fingerprint density at radius 2 is 1.96 bits per heavy atom. The summed E-state index contributed by atoms with van der Waals surface area (Å²) >= 11 is 1.10. The van der Waals surface area contributed by atoms with Gasteiger partial charge in [-0.15, -0.1) is 0 Å². The van der Waals surface area contributed by atoms with Crippen molar-refractivity contribution in [2.24, 2.45) is 0 Å². The first kappa shape index (κ1) is 15.7. The molecule has 5 nitrogen and oxygen atoms in total. The van der Waals surface area contributed by atoms with E-state index in [1.807, 2.05) is 6.07 Å². The zero-order valence-corrected chi connectivity index (χ0v) is 14.3. The van der Waals surface area contributed by atoms with Gasteiger partial charge in [0.1, 0.15) is 0 Å². The molecule has 2 saturated heterocycles. The molecule has 1 unspecified atom stereocenters. The van der Waals surface area contributed by atoms with E-state index in [1.165, 1.54) is 36.8 Å². The van der Waals surface area contributed by atoms with Crippen LogP contribution in [0.25, 0.3) is 10.9 Å². The summed E-state index contributed by atoms with van der Waals surface area (Å²) in [6.07, 6.45) is 5.36. The highest BCUT2D eigenvalue weighted by molar-refractivity contribution is 8.15. The van der Waals surface area contributed by atoms with Crippen LogP contribution in [0.2, 0.25) is 0 Å². The number of likely N-dealkylation sites (tertiary alicyclic amines) is 1. The molecule has 0 aliphatic carbocycles. The van der Waals surface area contributed by atoms with Crippen LogP contribution in [0.5, 0.6) is 0 Å². The van der Waals surface area contributed by atoms with E-state index in [4.69, 9.17) is 0 Å². The van der Waals surface area contributed by atoms with Crippen molar-refractivity contribution < 1.29 is 9.59 Å². The number of amides is 2. The zero-order valence-electron chi connectivity index (χ0n) is 13.5. The lowest BCUT2D eigenvalue weighted by molar-refractivity contribution is -0.118. The first-order valence-electron chi connectivity index (χ1n) is 8.51. The van der Waals surface area contributed by atoms with Crippen molar-refractivity contribution >= 4 is 33.8 Å². The minimum absolute atomic E-state index is 0.171. The normalized spacial score (nSPS) is 21.8. The second-order valence-electron chi connectivity index (χ2n) is 6.50. The number of rotatable bonds is 5. The van der Waals surface area contributed by atoms with Crippen LogP contribution in [0.1, 0.15) is 18.4 Å². The average Bonchev–Trinajstić information content (AvgIpc) is 3.27. The number of imide groups is 1. The van der Waals surface area contributed by atoms with Gasteiger partial charge >= 0.3 is 0 Å². The third-order valence-electron chi connectivity index (χ3n) is 4.93. The summed E-state index contributed by atoms with van der Waals surface area (Å²) in [5.41, 5.74) is 2.34. The van der Waals surface area contributed by atoms with E-state index < -0.39 is 0 Å². The van der Waals surface area contributed by atoms with Crippen LogP contribution in [0.4, 0.5) is 4.79 Å². The van der Waals surface area contributed by atoms with Gasteiger partial charge in [0, 0.05) is 30.2 Å². The van der Waals surface area contributed by atoms with Gasteiger partial charge in [-0.3, -0.25) is 14.9 Å². The van der Waals surface area contributed by atoms with Crippen molar-refractivity contribution in [1.82, 2.24) is 14.8 Å². The van der Waals surface area contributed by atoms with Crippen molar-refractivity contribution in [2.45, 2.75) is 31.1 Å². The van der Waals surface area contributed by atoms with Gasteiger partial charge in [-0.2, -0.15) is 0 Å². The first-order valence-corrected chi connectivity index (χ1v) is 9.39. The molecule has 3 heterocycles. The molecule has 24 heavy (non-hydrogen) atoms. The van der Waals surface area contributed by atoms with Gasteiger partial charge < -0.3 is 9.47 Å². The summed E-state index contributed by atoms with van der Waals surface area (Å²) in [5.74, 6) is -0.171. The maximum absolute atomic E-state index is 11.8. The van der Waals surface area contributed by atoms with Gasteiger partial charge in [-0.1, -0.05) is 23.9 Å². The van der Waals surface area contributed by atoms with E-state index >= 15 is 0 Å². The number of fused-ring (bicyclic) bond motifs is 1. The minimum atomic E-state index is -0.309. The minimum Gasteiger partial charge on any atom is -0.346 e. The molecule has 0 saturated carbocycles. The van der Waals surface area contributed by atoms with Crippen LogP contribution in [-0.2, 0) is 17.8 Å². The van der Waals surface area contributed by atoms with Gasteiger partial charge in [0.2, 0.25) is 5.91 Å². The molecule has 126 valence electrons. The van der Waals surface area contributed by atoms with Gasteiger partial charge in [0.05, 0.1) is 5.25 Å². The molecule has 0 spiro atoms. The fraction of sp³-hybridized carbons (Fsp3) is 0.444. The van der Waals surface area contributed by atoms with Gasteiger partial charge in [0.15, 0.2) is 0 Å². The third-order valence-corrected chi connectivity index (χ3v) is 5.91. The zero-order chi connectivity index (χ0) is 16.5. The Morgan fingerprint density at radius 3 is 2.71 bits per heavy atom. The molecule has 2 aliphatic heterocycles. The Hall–Kier alpha value is -1.79. The molecule has 1 atom stereocenters. The lowest BCUT2D eigenvalue weighted by atomic mass is 10.0. The summed E-state index contributed by atoms with van der Waals surface area (Å²) in [6, 6.07) is 8.37. The van der Waals surface area contributed by atoms with Gasteiger partial charge in [-0.25, -0.2) is 0 Å². The lowest BCUT2D eigenvalue weighted by Gasteiger charge is -2.15. The number of nitrogens with one attached hydrogen (secondary N) is 1. The molecule has 6 heteroatoms. The Balaban J connectivity index is 1.52. The second-order valence-corrected chi connectivity index (χ2v) is 7.67. The monoisotopic (exact) mass is 343 g/mol. The highest BCUT2D eigenvalue weighted by atomic mass is 32.2. The number of aromatic nitrogens is 1. The highest BCUT2D eigenvalue weighted by Gasteiger charge is 2.31. The van der Waals surface area contributed by atoms with Crippen LogP contribution in [0, 0.1) is 0 Å². The Kier molecular flexibility index (Phi) is 4.33. The standard InChI is InChI=1S/C18H21N3O2S/c22-17-16(24-18(23)19-17)12-13-4-3-5-15-14(13)6-9-21(15)11-10-20-7-1-2-8-20/h3-6,9,16H,1-2,7-8,10-12H2,(H,19,22,23). The second kappa shape index (κ2) is 6.61. The first-order chi connectivity index (χ1) is 11.7. The summed E-state index contributed by atoms with van der Waals surface area (Å²) < 4.78 is 2.30. The Bertz CT molecular complexity index is 780. The summed E-state index contributed by atoms with van der Waals surface area (Å²) in [7, 11) is 0. The lowest BCUT2D eigenvalue weighted by Crippen LogP contribution is -2.25. The largest absolute Gasteiger partial charge is 0.346 e. The molecule has 2 amide bonds. The topological polar surface area (TPSA) is 54.3 Å². The molecule has 1 aromatic heterocycles. The molecule has 2 aliphatic rings. The SMILES string of the molecule is O=C1NC(=O)C(Cc2cccc3c2ccn3CCN2CCCC2)S1. The van der Waals surface area contributed by atoms with Crippen molar-refractivity contribution in [1.29, 1.82) is 0 Å². The average molecular weight is 343 g/mol. The van der Waals surface area contributed by atoms with E-state index in [1.54, 1.807) is 0 Å². The number of hydrogen-bond acceptors (Lipinski definition) is 4. The fourth-order valence-electron chi connectivity index (χ4n) is 3.64. The summed E-state index contributed by atoms with van der Waals surface area (Å²) in [5, 5.41) is 3.01. The van der Waals surface area contributed by atoms with Crippen molar-refractivity contribution in [3.8, 4) is 0 Å². The molecule has 1 N–H and O–H groups in total. The van der Waals surface area contributed by atoms with Crippen LogP contribution in [0.3, 0.4) is 0 Å². The molecule has 0 radical (unpaired) electrons. The van der Waals surface area contributed by atoms with Crippen molar-refractivity contribution in [3.63, 3.8) is 0 Å². The van der Waals surface area contributed by atoms with E-state index in [9.17, 15) is 9.59 Å². The molecule has 0 bridgehead atoms. The number of carbonyl (C=O) groups is 2. The van der Waals surface area contributed by atoms with Crippen LogP contribution >= 0.6 is 11.8 Å². The molecule has 2 fully saturated rings. The van der Waals surface area contributed by atoms with E-state index in [0.29, 0.717) is 6.42 Å². The molecule has 1 aromatic carbocycles. The summed E-state index contributed by atoms with van der Waals surface area (Å²) in [6.45, 7) is 4.51. The maximum atomic E-state index is 11.8. The number of nitrogens with zero attached hydrogens (tertiary/aromatic N) is 2. The number of carbonyl (C=O) groups excluding carboxylic acids is 2. The molecule has 2 aromatic rings. The smallest absolute Gasteiger partial charge is 0.286 e. The number of benzene rings is 1. The fourth-order valence-corrected chi connectivity index (χ4v) is 4.49. The van der Waals surface area contributed by atoms with Crippen molar-refractivity contribution in [3.05, 3.63) is 36.0 Å². The van der Waals surface area contributed by atoms with Gasteiger partial charge in [-0.05, 0) is 50.0 Å².